The maximum Gasteiger partial charge on any atom is 0.251 e. The van der Waals surface area contributed by atoms with Crippen LogP contribution in [0.15, 0.2) is 91.0 Å². The van der Waals surface area contributed by atoms with Crippen molar-refractivity contribution < 1.29 is 9.59 Å². The Morgan fingerprint density at radius 1 is 0.810 bits per heavy atom. The number of rotatable bonds is 2. The van der Waals surface area contributed by atoms with Crippen molar-refractivity contribution in [1.82, 2.24) is 4.90 Å². The Labute approximate surface area is 258 Å². The molecule has 1 aliphatic carbocycles. The van der Waals surface area contributed by atoms with Gasteiger partial charge in [-0.2, -0.15) is 0 Å². The molecule has 0 radical (unpaired) electrons. The van der Waals surface area contributed by atoms with Crippen molar-refractivity contribution in [3.63, 3.8) is 0 Å². The summed E-state index contributed by atoms with van der Waals surface area (Å²) < 4.78 is 0. The lowest BCUT2D eigenvalue weighted by Gasteiger charge is -2.45. The highest BCUT2D eigenvalue weighted by atomic mass is 35.5. The van der Waals surface area contributed by atoms with E-state index in [1.807, 2.05) is 91.0 Å². The standard InChI is InChI=1S/C35H25Cl3N2O2/c36-22-11-7-20(8-12-22)18-26-25-4-1-2-5-27(25)34(32(26)41)31(21-9-13-23(37)14-10-21)30-6-3-17-40(30)35(34)28-19-24(38)15-16-29(28)39-33(35)42/h1-2,4-5,7-16,18-19,30-31H,3,6,17H2,(H,39,42)/b26-18+/t30-,31-,34-,35+/m0/s1. The molecule has 4 aliphatic rings. The molecule has 4 nitrogen and oxygen atoms in total. The van der Waals surface area contributed by atoms with Crippen molar-refractivity contribution >= 4 is 63.8 Å². The Bertz CT molecular complexity index is 1830. The fourth-order valence-electron chi connectivity index (χ4n) is 8.43. The number of fused-ring (bicyclic) bond motifs is 7. The SMILES string of the molecule is O=C1/C(=C/c2ccc(Cl)cc2)c2ccccc2[C@]12[C@@H](c1ccc(Cl)cc1)[C@@H]1CCCN1[C@]21C(=O)Nc2ccc(Cl)cc21. The van der Waals surface area contributed by atoms with E-state index in [9.17, 15) is 4.79 Å². The number of halogens is 3. The van der Waals surface area contributed by atoms with Gasteiger partial charge >= 0.3 is 0 Å². The molecule has 2 fully saturated rings. The zero-order valence-electron chi connectivity index (χ0n) is 22.4. The van der Waals surface area contributed by atoms with Crippen LogP contribution in [0.5, 0.6) is 0 Å². The summed E-state index contributed by atoms with van der Waals surface area (Å²) in [6, 6.07) is 28.7. The third-order valence-corrected chi connectivity index (χ3v) is 10.5. The summed E-state index contributed by atoms with van der Waals surface area (Å²) in [5, 5.41) is 4.96. The first-order valence-electron chi connectivity index (χ1n) is 14.1. The van der Waals surface area contributed by atoms with Crippen molar-refractivity contribution in [1.29, 1.82) is 0 Å². The lowest BCUT2D eigenvalue weighted by atomic mass is 9.56. The Morgan fingerprint density at radius 3 is 2.26 bits per heavy atom. The number of benzene rings is 4. The Balaban J connectivity index is 1.50. The Kier molecular flexibility index (Phi) is 5.80. The van der Waals surface area contributed by atoms with Gasteiger partial charge < -0.3 is 5.32 Å². The largest absolute Gasteiger partial charge is 0.324 e. The molecule has 7 heteroatoms. The lowest BCUT2D eigenvalue weighted by Crippen LogP contribution is -2.60. The van der Waals surface area contributed by atoms with Gasteiger partial charge in [-0.25, -0.2) is 0 Å². The van der Waals surface area contributed by atoms with E-state index in [0.29, 0.717) is 32.9 Å². The number of nitrogens with zero attached hydrogens (tertiary/aromatic N) is 1. The van der Waals surface area contributed by atoms with Gasteiger partial charge in [0.05, 0.1) is 5.41 Å². The van der Waals surface area contributed by atoms with Gasteiger partial charge in [-0.05, 0) is 90.2 Å². The van der Waals surface area contributed by atoms with Crippen LogP contribution in [0.25, 0.3) is 11.6 Å². The number of ketones is 1. The molecule has 2 spiro atoms. The van der Waals surface area contributed by atoms with E-state index < -0.39 is 11.0 Å². The molecule has 0 bridgehead atoms. The van der Waals surface area contributed by atoms with Crippen molar-refractivity contribution in [2.24, 2.45) is 0 Å². The molecule has 4 aromatic carbocycles. The first-order valence-corrected chi connectivity index (χ1v) is 15.3. The van der Waals surface area contributed by atoms with E-state index in [-0.39, 0.29) is 23.7 Å². The number of carbonyl (C=O) groups excluding carboxylic acids is 2. The molecule has 208 valence electrons. The highest BCUT2D eigenvalue weighted by Crippen LogP contribution is 2.71. The average Bonchev–Trinajstić information content (AvgIpc) is 3.70. The van der Waals surface area contributed by atoms with Gasteiger partial charge in [0.1, 0.15) is 5.54 Å². The normalized spacial score (nSPS) is 28.5. The molecule has 0 unspecified atom stereocenters. The van der Waals surface area contributed by atoms with E-state index in [4.69, 9.17) is 34.8 Å². The monoisotopic (exact) mass is 610 g/mol. The smallest absolute Gasteiger partial charge is 0.251 e. The molecule has 42 heavy (non-hydrogen) atoms. The van der Waals surface area contributed by atoms with Crippen LogP contribution in [0.3, 0.4) is 0 Å². The molecule has 1 amide bonds. The first kappa shape index (κ1) is 26.2. The molecule has 8 rings (SSSR count). The number of allylic oxidation sites excluding steroid dienone is 1. The van der Waals surface area contributed by atoms with Crippen LogP contribution < -0.4 is 5.32 Å². The third kappa shape index (κ3) is 3.24. The zero-order valence-corrected chi connectivity index (χ0v) is 24.7. The second kappa shape index (κ2) is 9.29. The van der Waals surface area contributed by atoms with Crippen molar-refractivity contribution in [3.8, 4) is 0 Å². The van der Waals surface area contributed by atoms with Gasteiger partial charge in [0.15, 0.2) is 5.78 Å². The molecule has 2 saturated heterocycles. The molecular formula is C35H25Cl3N2O2. The summed E-state index contributed by atoms with van der Waals surface area (Å²) in [5.41, 5.74) is 3.09. The highest BCUT2D eigenvalue weighted by Gasteiger charge is 2.80. The van der Waals surface area contributed by atoms with E-state index in [1.165, 1.54) is 0 Å². The summed E-state index contributed by atoms with van der Waals surface area (Å²) in [7, 11) is 0. The van der Waals surface area contributed by atoms with Crippen LogP contribution in [0.1, 0.15) is 46.6 Å². The maximum atomic E-state index is 15.6. The van der Waals surface area contributed by atoms with E-state index in [2.05, 4.69) is 10.2 Å². The number of amides is 1. The third-order valence-electron chi connectivity index (χ3n) is 9.76. The summed E-state index contributed by atoms with van der Waals surface area (Å²) in [5.74, 6) is -0.548. The second-order valence-corrected chi connectivity index (χ2v) is 12.9. The van der Waals surface area contributed by atoms with Gasteiger partial charge in [0.25, 0.3) is 5.91 Å². The summed E-state index contributed by atoms with van der Waals surface area (Å²) in [6.45, 7) is 0.696. The highest BCUT2D eigenvalue weighted by molar-refractivity contribution is 6.37. The summed E-state index contributed by atoms with van der Waals surface area (Å²) >= 11 is 19.2. The molecule has 4 atom stereocenters. The van der Waals surface area contributed by atoms with Crippen molar-refractivity contribution in [3.05, 3.63) is 134 Å². The van der Waals surface area contributed by atoms with E-state index in [1.54, 1.807) is 6.07 Å². The van der Waals surface area contributed by atoms with Gasteiger partial charge in [0, 0.05) is 43.9 Å². The molecule has 3 heterocycles. The van der Waals surface area contributed by atoms with Crippen molar-refractivity contribution in [2.45, 2.75) is 35.8 Å². The Hall–Kier alpha value is -3.41. The topological polar surface area (TPSA) is 49.4 Å². The fourth-order valence-corrected chi connectivity index (χ4v) is 8.85. The first-order chi connectivity index (χ1) is 20.4. The molecule has 0 aromatic heterocycles. The van der Waals surface area contributed by atoms with Crippen LogP contribution >= 0.6 is 34.8 Å². The van der Waals surface area contributed by atoms with Crippen LogP contribution in [-0.2, 0) is 20.5 Å². The lowest BCUT2D eigenvalue weighted by molar-refractivity contribution is -0.136. The number of hydrogen-bond acceptors (Lipinski definition) is 3. The number of Topliss-reactive ketones (excluding diaryl/α,β-unsaturated/α-hetero) is 1. The average molecular weight is 612 g/mol. The molecule has 3 aliphatic heterocycles. The van der Waals surface area contributed by atoms with Gasteiger partial charge in [-0.15, -0.1) is 0 Å². The fraction of sp³-hybridized carbons (Fsp3) is 0.200. The minimum Gasteiger partial charge on any atom is -0.324 e. The maximum absolute atomic E-state index is 15.6. The minimum atomic E-state index is -1.29. The van der Waals surface area contributed by atoms with E-state index >= 15 is 4.79 Å². The zero-order chi connectivity index (χ0) is 28.8. The molecule has 1 N–H and O–H groups in total. The number of anilines is 1. The predicted molar refractivity (Wildman–Crippen MR) is 168 cm³/mol. The van der Waals surface area contributed by atoms with Crippen LogP contribution in [0.2, 0.25) is 15.1 Å². The van der Waals surface area contributed by atoms with E-state index in [0.717, 1.165) is 40.7 Å². The quantitative estimate of drug-likeness (QED) is 0.233. The summed E-state index contributed by atoms with van der Waals surface area (Å²) in [4.78, 5) is 32.6. The molecule has 0 saturated carbocycles. The van der Waals surface area contributed by atoms with Crippen molar-refractivity contribution in [2.75, 3.05) is 11.9 Å². The molecular weight excluding hydrogens is 587 g/mol. The van der Waals surface area contributed by atoms with Crippen LogP contribution in [0, 0.1) is 0 Å². The van der Waals surface area contributed by atoms with Gasteiger partial charge in [-0.3, -0.25) is 14.5 Å². The minimum absolute atomic E-state index is 0.0475. The van der Waals surface area contributed by atoms with Crippen LogP contribution in [0.4, 0.5) is 5.69 Å². The summed E-state index contributed by atoms with van der Waals surface area (Å²) in [6.07, 6.45) is 3.73. The number of nitrogens with one attached hydrogen (secondary N) is 1. The van der Waals surface area contributed by atoms with Gasteiger partial charge in [0.2, 0.25) is 0 Å². The molecule has 4 aromatic rings. The van der Waals surface area contributed by atoms with Crippen LogP contribution in [-0.4, -0.2) is 29.2 Å². The predicted octanol–water partition coefficient (Wildman–Crippen LogP) is 8.12. The number of hydrogen-bond donors (Lipinski definition) is 1. The Morgan fingerprint density at radius 2 is 1.50 bits per heavy atom. The number of carbonyl (C=O) groups is 2. The van der Waals surface area contributed by atoms with Gasteiger partial charge in [-0.1, -0.05) is 83.3 Å². The second-order valence-electron chi connectivity index (χ2n) is 11.6.